The summed E-state index contributed by atoms with van der Waals surface area (Å²) in [5.41, 5.74) is 0. The quantitative estimate of drug-likeness (QED) is 0.703. The van der Waals surface area contributed by atoms with Crippen LogP contribution in [0.2, 0.25) is 0 Å². The van der Waals surface area contributed by atoms with E-state index in [1.54, 1.807) is 13.4 Å². The Morgan fingerprint density at radius 3 is 2.93 bits per heavy atom. The van der Waals surface area contributed by atoms with Crippen LogP contribution < -0.4 is 5.32 Å². The molecule has 0 saturated heterocycles. The fourth-order valence-corrected chi connectivity index (χ4v) is 2.68. The van der Waals surface area contributed by atoms with Crippen LogP contribution in [0.15, 0.2) is 0 Å². The van der Waals surface area contributed by atoms with Crippen LogP contribution >= 0.6 is 0 Å². The number of ether oxygens (including phenoxy) is 1. The summed E-state index contributed by atoms with van der Waals surface area (Å²) in [6.45, 7) is 0.987. The molecule has 90 valence electrons. The molecule has 0 aromatic heterocycles. The van der Waals surface area contributed by atoms with Crippen molar-refractivity contribution in [3.8, 4) is 0 Å². The highest BCUT2D eigenvalue weighted by molar-refractivity contribution is 7.84. The van der Waals surface area contributed by atoms with Gasteiger partial charge in [-0.3, -0.25) is 4.21 Å². The van der Waals surface area contributed by atoms with Crippen LogP contribution in [0.3, 0.4) is 0 Å². The minimum absolute atomic E-state index is 0.441. The van der Waals surface area contributed by atoms with Gasteiger partial charge in [0.2, 0.25) is 0 Å². The van der Waals surface area contributed by atoms with Crippen molar-refractivity contribution in [2.24, 2.45) is 0 Å². The Labute approximate surface area is 95.4 Å². The molecular formula is C11H23NO2S. The lowest BCUT2D eigenvalue weighted by molar-refractivity contribution is 0.0590. The van der Waals surface area contributed by atoms with E-state index in [-0.39, 0.29) is 0 Å². The van der Waals surface area contributed by atoms with Crippen molar-refractivity contribution in [1.29, 1.82) is 0 Å². The first-order chi connectivity index (χ1) is 7.22. The summed E-state index contributed by atoms with van der Waals surface area (Å²) in [6.07, 6.45) is 8.07. The highest BCUT2D eigenvalue weighted by atomic mass is 32.2. The summed E-state index contributed by atoms with van der Waals surface area (Å²) in [6, 6.07) is 0.606. The average molecular weight is 233 g/mol. The molecule has 0 aromatic rings. The predicted molar refractivity (Wildman–Crippen MR) is 64.6 cm³/mol. The largest absolute Gasteiger partial charge is 0.381 e. The van der Waals surface area contributed by atoms with Gasteiger partial charge in [0.25, 0.3) is 0 Å². The van der Waals surface area contributed by atoms with Gasteiger partial charge in [-0.1, -0.05) is 0 Å². The Bertz CT molecular complexity index is 199. The zero-order chi connectivity index (χ0) is 11.1. The number of hydrogen-bond acceptors (Lipinski definition) is 3. The molecule has 15 heavy (non-hydrogen) atoms. The molecule has 0 heterocycles. The zero-order valence-electron chi connectivity index (χ0n) is 9.83. The predicted octanol–water partition coefficient (Wildman–Crippen LogP) is 1.30. The Morgan fingerprint density at radius 1 is 1.47 bits per heavy atom. The van der Waals surface area contributed by atoms with E-state index in [2.05, 4.69) is 5.32 Å². The van der Waals surface area contributed by atoms with Gasteiger partial charge in [0.15, 0.2) is 0 Å². The van der Waals surface area contributed by atoms with Crippen LogP contribution in [0.1, 0.15) is 32.1 Å². The molecule has 1 fully saturated rings. The number of methoxy groups -OCH3 is 1. The summed E-state index contributed by atoms with van der Waals surface area (Å²) in [4.78, 5) is 0. The van der Waals surface area contributed by atoms with Crippen LogP contribution in [-0.2, 0) is 15.5 Å². The lowest BCUT2D eigenvalue weighted by atomic mass is 9.93. The van der Waals surface area contributed by atoms with Gasteiger partial charge in [-0.25, -0.2) is 0 Å². The van der Waals surface area contributed by atoms with Gasteiger partial charge in [-0.15, -0.1) is 0 Å². The first-order valence-electron chi connectivity index (χ1n) is 5.78. The molecule has 3 unspecified atom stereocenters. The molecule has 0 spiro atoms. The minimum atomic E-state index is -0.645. The zero-order valence-corrected chi connectivity index (χ0v) is 10.6. The highest BCUT2D eigenvalue weighted by Gasteiger charge is 2.20. The monoisotopic (exact) mass is 233 g/mol. The van der Waals surface area contributed by atoms with E-state index in [4.69, 9.17) is 4.74 Å². The summed E-state index contributed by atoms with van der Waals surface area (Å²) < 4.78 is 16.2. The van der Waals surface area contributed by atoms with Crippen LogP contribution in [-0.4, -0.2) is 42.0 Å². The third-order valence-corrected chi connectivity index (χ3v) is 3.86. The molecular weight excluding hydrogens is 210 g/mol. The van der Waals surface area contributed by atoms with Crippen molar-refractivity contribution in [2.45, 2.75) is 44.2 Å². The van der Waals surface area contributed by atoms with Gasteiger partial charge in [-0.05, 0) is 38.6 Å². The highest BCUT2D eigenvalue weighted by Crippen LogP contribution is 2.20. The van der Waals surface area contributed by atoms with Crippen molar-refractivity contribution in [1.82, 2.24) is 5.32 Å². The molecule has 1 aliphatic rings. The second-order valence-electron chi connectivity index (χ2n) is 4.31. The fourth-order valence-electron chi connectivity index (χ4n) is 2.13. The molecule has 3 atom stereocenters. The third kappa shape index (κ3) is 5.64. The van der Waals surface area contributed by atoms with Gasteiger partial charge in [0.05, 0.1) is 6.10 Å². The minimum Gasteiger partial charge on any atom is -0.381 e. The Morgan fingerprint density at radius 2 is 2.27 bits per heavy atom. The molecule has 0 radical (unpaired) electrons. The van der Waals surface area contributed by atoms with Crippen LogP contribution in [0.25, 0.3) is 0 Å². The summed E-state index contributed by atoms with van der Waals surface area (Å²) in [7, 11) is 1.15. The lowest BCUT2D eigenvalue weighted by Gasteiger charge is -2.28. The van der Waals surface area contributed by atoms with E-state index in [1.807, 2.05) is 0 Å². The molecule has 0 amide bonds. The Balaban J connectivity index is 2.07. The molecule has 3 nitrogen and oxygen atoms in total. The van der Waals surface area contributed by atoms with Gasteiger partial charge < -0.3 is 10.1 Å². The van der Waals surface area contributed by atoms with Gasteiger partial charge in [0.1, 0.15) is 0 Å². The van der Waals surface area contributed by atoms with Crippen molar-refractivity contribution in [2.75, 3.05) is 25.7 Å². The van der Waals surface area contributed by atoms with E-state index >= 15 is 0 Å². The van der Waals surface area contributed by atoms with Gasteiger partial charge in [-0.2, -0.15) is 0 Å². The first kappa shape index (κ1) is 13.1. The van der Waals surface area contributed by atoms with E-state index < -0.39 is 10.8 Å². The number of hydrogen-bond donors (Lipinski definition) is 1. The summed E-state index contributed by atoms with van der Waals surface area (Å²) >= 11 is 0. The van der Waals surface area contributed by atoms with Gasteiger partial charge in [0, 0.05) is 36.0 Å². The fraction of sp³-hybridized carbons (Fsp3) is 1.00. The molecule has 0 aliphatic heterocycles. The van der Waals surface area contributed by atoms with Gasteiger partial charge >= 0.3 is 0 Å². The van der Waals surface area contributed by atoms with Crippen molar-refractivity contribution in [3.05, 3.63) is 0 Å². The molecule has 1 saturated carbocycles. The Kier molecular flexibility index (Phi) is 6.45. The maximum absolute atomic E-state index is 10.9. The maximum atomic E-state index is 10.9. The van der Waals surface area contributed by atoms with Crippen molar-refractivity contribution in [3.63, 3.8) is 0 Å². The van der Waals surface area contributed by atoms with Crippen molar-refractivity contribution < 1.29 is 8.95 Å². The molecule has 1 aliphatic carbocycles. The van der Waals surface area contributed by atoms with E-state index in [1.165, 1.54) is 19.3 Å². The van der Waals surface area contributed by atoms with Crippen LogP contribution in [0.4, 0.5) is 0 Å². The standard InChI is InChI=1S/C11H23NO2S/c1-14-11-6-3-5-10(9-11)12-7-4-8-15(2)13/h10-12H,3-9H2,1-2H3. The Hall–Kier alpha value is 0.0700. The second kappa shape index (κ2) is 7.36. The molecule has 0 aromatic carbocycles. The normalized spacial score (nSPS) is 28.9. The van der Waals surface area contributed by atoms with Crippen molar-refractivity contribution >= 4 is 10.8 Å². The second-order valence-corrected chi connectivity index (χ2v) is 5.86. The molecule has 1 N–H and O–H groups in total. The molecule has 4 heteroatoms. The third-order valence-electron chi connectivity index (χ3n) is 3.00. The molecule has 0 bridgehead atoms. The molecule has 1 rings (SSSR count). The van der Waals surface area contributed by atoms with E-state index in [0.29, 0.717) is 12.1 Å². The lowest BCUT2D eigenvalue weighted by Crippen LogP contribution is -2.37. The summed E-state index contributed by atoms with van der Waals surface area (Å²) in [5.74, 6) is 0.813. The summed E-state index contributed by atoms with van der Waals surface area (Å²) in [5, 5.41) is 3.53. The maximum Gasteiger partial charge on any atom is 0.0586 e. The number of rotatable bonds is 6. The van der Waals surface area contributed by atoms with Crippen LogP contribution in [0.5, 0.6) is 0 Å². The number of nitrogens with one attached hydrogen (secondary N) is 1. The topological polar surface area (TPSA) is 38.3 Å². The van der Waals surface area contributed by atoms with E-state index in [0.717, 1.165) is 25.1 Å². The first-order valence-corrected chi connectivity index (χ1v) is 7.51. The SMILES string of the molecule is COC1CCCC(NCCCS(C)=O)C1. The van der Waals surface area contributed by atoms with E-state index in [9.17, 15) is 4.21 Å². The average Bonchev–Trinajstić information content (AvgIpc) is 2.24. The smallest absolute Gasteiger partial charge is 0.0586 e. The van der Waals surface area contributed by atoms with Crippen LogP contribution in [0, 0.1) is 0 Å².